The van der Waals surface area contributed by atoms with Crippen molar-refractivity contribution in [3.8, 4) is 5.75 Å². The molecule has 0 spiro atoms. The number of likely N-dealkylation sites (N-methyl/N-ethyl adjacent to an activating group) is 1. The smallest absolute Gasteiger partial charge is 0.262 e. The average molecular weight is 424 g/mol. The minimum Gasteiger partial charge on any atom is -0.482 e. The molecule has 1 heterocycles. The van der Waals surface area contributed by atoms with E-state index in [1.54, 1.807) is 0 Å². The summed E-state index contributed by atoms with van der Waals surface area (Å²) >= 11 is 6.17. The third-order valence-corrected chi connectivity index (χ3v) is 6.40. The van der Waals surface area contributed by atoms with Gasteiger partial charge in [-0.25, -0.2) is 13.1 Å². The van der Waals surface area contributed by atoms with Gasteiger partial charge in [-0.2, -0.15) is 0 Å². The van der Waals surface area contributed by atoms with Crippen molar-refractivity contribution < 1.29 is 17.9 Å². The van der Waals surface area contributed by atoms with E-state index in [0.29, 0.717) is 5.69 Å². The first-order valence-electron chi connectivity index (χ1n) is 8.66. The molecule has 7 nitrogen and oxygen atoms in total. The molecule has 0 aliphatic carbocycles. The van der Waals surface area contributed by atoms with Crippen molar-refractivity contribution in [3.63, 3.8) is 0 Å². The van der Waals surface area contributed by atoms with Gasteiger partial charge in [0, 0.05) is 18.7 Å². The van der Waals surface area contributed by atoms with Crippen LogP contribution in [0.3, 0.4) is 0 Å². The van der Waals surface area contributed by atoms with Crippen molar-refractivity contribution in [1.29, 1.82) is 0 Å². The number of aryl methyl sites for hydroxylation is 1. The molecule has 1 aliphatic heterocycles. The Morgan fingerprint density at radius 1 is 1.25 bits per heavy atom. The molecular weight excluding hydrogens is 402 g/mol. The molecule has 0 fully saturated rings. The largest absolute Gasteiger partial charge is 0.482 e. The Morgan fingerprint density at radius 2 is 1.93 bits per heavy atom. The zero-order valence-corrected chi connectivity index (χ0v) is 17.4. The van der Waals surface area contributed by atoms with Crippen LogP contribution in [0.1, 0.15) is 17.2 Å². The fraction of sp³-hybridized carbons (Fsp3) is 0.316. The van der Waals surface area contributed by atoms with Gasteiger partial charge in [-0.15, -0.1) is 0 Å². The zero-order valence-electron chi connectivity index (χ0n) is 15.8. The number of anilines is 1. The van der Waals surface area contributed by atoms with Gasteiger partial charge in [0.1, 0.15) is 10.6 Å². The van der Waals surface area contributed by atoms with E-state index < -0.39 is 10.0 Å². The summed E-state index contributed by atoms with van der Waals surface area (Å²) in [6.45, 7) is 2.00. The van der Waals surface area contributed by atoms with Crippen LogP contribution < -0.4 is 14.8 Å². The van der Waals surface area contributed by atoms with Crippen molar-refractivity contribution in [2.75, 3.05) is 32.6 Å². The molecular formula is C19H22ClN3O4S. The Morgan fingerprint density at radius 3 is 2.57 bits per heavy atom. The van der Waals surface area contributed by atoms with Crippen molar-refractivity contribution in [2.24, 2.45) is 0 Å². The number of ether oxygens (including phenoxy) is 1. The number of carbonyl (C=O) groups is 1. The van der Waals surface area contributed by atoms with E-state index in [9.17, 15) is 13.2 Å². The summed E-state index contributed by atoms with van der Waals surface area (Å²) in [5, 5.41) is 2.61. The zero-order chi connectivity index (χ0) is 20.5. The van der Waals surface area contributed by atoms with Crippen LogP contribution in [0, 0.1) is 6.92 Å². The molecule has 2 aromatic carbocycles. The lowest BCUT2D eigenvalue weighted by atomic mass is 10.0. The normalized spacial score (nSPS) is 15.0. The highest BCUT2D eigenvalue weighted by atomic mass is 35.5. The third-order valence-electron chi connectivity index (χ3n) is 4.51. The highest BCUT2D eigenvalue weighted by Crippen LogP contribution is 2.35. The number of carbonyl (C=O) groups excluding carboxylic acids is 1. The van der Waals surface area contributed by atoms with E-state index in [-0.39, 0.29) is 40.8 Å². The molecule has 2 aromatic rings. The lowest BCUT2D eigenvalue weighted by Crippen LogP contribution is -2.34. The molecule has 150 valence electrons. The molecule has 0 saturated carbocycles. The quantitative estimate of drug-likeness (QED) is 0.745. The van der Waals surface area contributed by atoms with Crippen LogP contribution in [0.25, 0.3) is 0 Å². The standard InChI is InChI=1S/C19H22ClN3O4S/c1-12-4-6-13(7-5-12)16(23(2)3)10-21-28(25,26)18-9-17-15(8-14(18)20)22-19(24)11-27-17/h4-9,16,21H,10-11H2,1-3H3,(H,22,24). The maximum atomic E-state index is 12.9. The molecule has 9 heteroatoms. The number of sulfonamides is 1. The predicted molar refractivity (Wildman–Crippen MR) is 108 cm³/mol. The van der Waals surface area contributed by atoms with E-state index in [2.05, 4.69) is 10.0 Å². The number of hydrogen-bond donors (Lipinski definition) is 2. The van der Waals surface area contributed by atoms with E-state index in [0.717, 1.165) is 11.1 Å². The van der Waals surface area contributed by atoms with Crippen LogP contribution in [0.15, 0.2) is 41.3 Å². The number of hydrogen-bond acceptors (Lipinski definition) is 5. The summed E-state index contributed by atoms with van der Waals surface area (Å²) in [6.07, 6.45) is 0. The molecule has 1 atom stereocenters. The molecule has 1 amide bonds. The fourth-order valence-corrected chi connectivity index (χ4v) is 4.52. The lowest BCUT2D eigenvalue weighted by molar-refractivity contribution is -0.118. The van der Waals surface area contributed by atoms with E-state index in [1.165, 1.54) is 12.1 Å². The molecule has 1 aliphatic rings. The highest BCUT2D eigenvalue weighted by Gasteiger charge is 2.26. The molecule has 0 saturated heterocycles. The van der Waals surface area contributed by atoms with Crippen molar-refractivity contribution in [2.45, 2.75) is 17.9 Å². The number of benzene rings is 2. The van der Waals surface area contributed by atoms with Gasteiger partial charge >= 0.3 is 0 Å². The highest BCUT2D eigenvalue weighted by molar-refractivity contribution is 7.89. The third kappa shape index (κ3) is 4.47. The summed E-state index contributed by atoms with van der Waals surface area (Å²) in [7, 11) is -0.104. The molecule has 0 radical (unpaired) electrons. The van der Waals surface area contributed by atoms with Gasteiger partial charge in [-0.1, -0.05) is 41.4 Å². The molecule has 3 rings (SSSR count). The monoisotopic (exact) mass is 423 g/mol. The van der Waals surface area contributed by atoms with Gasteiger partial charge in [0.15, 0.2) is 6.61 Å². The van der Waals surface area contributed by atoms with Crippen LogP contribution >= 0.6 is 11.6 Å². The Hall–Kier alpha value is -2.13. The first-order valence-corrected chi connectivity index (χ1v) is 10.5. The van der Waals surface area contributed by atoms with Crippen LogP contribution in [0.2, 0.25) is 5.02 Å². The first-order chi connectivity index (χ1) is 13.2. The Bertz CT molecular complexity index is 991. The molecule has 2 N–H and O–H groups in total. The van der Waals surface area contributed by atoms with Crippen molar-refractivity contribution >= 4 is 33.2 Å². The summed E-state index contributed by atoms with van der Waals surface area (Å²) in [5.41, 5.74) is 2.49. The van der Waals surface area contributed by atoms with Crippen LogP contribution in [0.4, 0.5) is 5.69 Å². The second-order valence-corrected chi connectivity index (χ2v) is 9.00. The summed E-state index contributed by atoms with van der Waals surface area (Å²) in [5.74, 6) is -0.0451. The number of halogens is 1. The van der Waals surface area contributed by atoms with Crippen molar-refractivity contribution in [1.82, 2.24) is 9.62 Å². The summed E-state index contributed by atoms with van der Waals surface area (Å²) in [4.78, 5) is 13.3. The van der Waals surface area contributed by atoms with Gasteiger partial charge in [0.2, 0.25) is 10.0 Å². The second-order valence-electron chi connectivity index (χ2n) is 6.86. The van der Waals surface area contributed by atoms with E-state index >= 15 is 0 Å². The topological polar surface area (TPSA) is 87.7 Å². The van der Waals surface area contributed by atoms with Gasteiger partial charge in [-0.3, -0.25) is 4.79 Å². The number of nitrogens with zero attached hydrogens (tertiary/aromatic N) is 1. The molecule has 28 heavy (non-hydrogen) atoms. The Balaban J connectivity index is 1.83. The summed E-state index contributed by atoms with van der Waals surface area (Å²) in [6, 6.07) is 10.5. The number of nitrogens with one attached hydrogen (secondary N) is 2. The lowest BCUT2D eigenvalue weighted by Gasteiger charge is -2.25. The van der Waals surface area contributed by atoms with Gasteiger partial charge in [0.05, 0.1) is 10.7 Å². The average Bonchev–Trinajstić information content (AvgIpc) is 2.62. The van der Waals surface area contributed by atoms with Crippen LogP contribution in [-0.4, -0.2) is 46.5 Å². The Labute approximate surface area is 169 Å². The molecule has 1 unspecified atom stereocenters. The van der Waals surface area contributed by atoms with Gasteiger partial charge in [0.25, 0.3) is 5.91 Å². The molecule has 0 aromatic heterocycles. The maximum absolute atomic E-state index is 12.9. The van der Waals surface area contributed by atoms with Crippen LogP contribution in [-0.2, 0) is 14.8 Å². The number of rotatable bonds is 6. The fourth-order valence-electron chi connectivity index (χ4n) is 2.94. The predicted octanol–water partition coefficient (Wildman–Crippen LogP) is 2.56. The Kier molecular flexibility index (Phi) is 5.95. The van der Waals surface area contributed by atoms with Crippen molar-refractivity contribution in [3.05, 3.63) is 52.5 Å². The number of amides is 1. The minimum atomic E-state index is -3.88. The maximum Gasteiger partial charge on any atom is 0.262 e. The second kappa shape index (κ2) is 8.08. The SMILES string of the molecule is Cc1ccc(C(CNS(=O)(=O)c2cc3c(cc2Cl)NC(=O)CO3)N(C)C)cc1. The van der Waals surface area contributed by atoms with Gasteiger partial charge < -0.3 is 15.0 Å². The number of fused-ring (bicyclic) bond motifs is 1. The van der Waals surface area contributed by atoms with E-state index in [4.69, 9.17) is 16.3 Å². The van der Waals surface area contributed by atoms with Crippen LogP contribution in [0.5, 0.6) is 5.75 Å². The first kappa shape index (κ1) is 20.6. The molecule has 0 bridgehead atoms. The minimum absolute atomic E-state index is 0.00814. The van der Waals surface area contributed by atoms with E-state index in [1.807, 2.05) is 50.2 Å². The summed E-state index contributed by atoms with van der Waals surface area (Å²) < 4.78 is 33.6. The van der Waals surface area contributed by atoms with Gasteiger partial charge in [-0.05, 0) is 32.6 Å².